The Balaban J connectivity index is 1.03. The minimum atomic E-state index is -0.368. The summed E-state index contributed by atoms with van der Waals surface area (Å²) in [6.45, 7) is 4.12. The van der Waals surface area contributed by atoms with E-state index >= 15 is 0 Å². The van der Waals surface area contributed by atoms with Crippen LogP contribution in [-0.4, -0.2) is 64.0 Å². The molecule has 2 aliphatic heterocycles. The third kappa shape index (κ3) is 5.68. The molecule has 0 aliphatic carbocycles. The summed E-state index contributed by atoms with van der Waals surface area (Å²) >= 11 is 1.43. The lowest BCUT2D eigenvalue weighted by atomic mass is 10.1. The maximum absolute atomic E-state index is 13.5. The molecule has 0 N–H and O–H groups in total. The van der Waals surface area contributed by atoms with Crippen molar-refractivity contribution in [3.63, 3.8) is 0 Å². The number of halogens is 1. The van der Waals surface area contributed by atoms with Crippen molar-refractivity contribution in [3.05, 3.63) is 88.5 Å². The second-order valence-corrected chi connectivity index (χ2v) is 10.9. The number of piperazine rings is 1. The molecular weight excluding hydrogens is 531 g/mol. The molecule has 0 atom stereocenters. The molecule has 3 aromatic carbocycles. The van der Waals surface area contributed by atoms with Crippen LogP contribution in [-0.2, 0) is 11.3 Å². The summed E-state index contributed by atoms with van der Waals surface area (Å²) in [5.74, 6) is 1.98. The summed E-state index contributed by atoms with van der Waals surface area (Å²) in [4.78, 5) is 35.2. The smallest absolute Gasteiger partial charge is 0.266 e. The molecule has 40 heavy (non-hydrogen) atoms. The van der Waals surface area contributed by atoms with E-state index in [1.54, 1.807) is 24.3 Å². The van der Waals surface area contributed by atoms with E-state index in [0.29, 0.717) is 53.4 Å². The number of hydrogen-bond donors (Lipinski definition) is 0. The van der Waals surface area contributed by atoms with Crippen molar-refractivity contribution in [1.29, 1.82) is 0 Å². The molecule has 0 saturated carbocycles. The first-order valence-electron chi connectivity index (χ1n) is 13.3. The molecule has 0 bridgehead atoms. The van der Waals surface area contributed by atoms with Gasteiger partial charge in [-0.3, -0.25) is 19.1 Å². The standard InChI is InChI=1S/C30H29FN4O4S/c31-22-8-10-23(11-9-22)35-29(37)24-4-1-2-5-25(24)32-30(35)40-17-3-6-28(36)34-15-13-33(14-16-34)19-21-7-12-26-27(18-21)39-20-38-26/h1-2,4-5,7-12,18H,3,6,13-17,19-20H2. The molecule has 1 amide bonds. The fourth-order valence-electron chi connectivity index (χ4n) is 5.02. The van der Waals surface area contributed by atoms with Crippen LogP contribution >= 0.6 is 11.8 Å². The highest BCUT2D eigenvalue weighted by Crippen LogP contribution is 2.33. The van der Waals surface area contributed by atoms with E-state index in [4.69, 9.17) is 14.5 Å². The molecular formula is C30H29FN4O4S. The van der Waals surface area contributed by atoms with Gasteiger partial charge in [-0.05, 0) is 60.5 Å². The largest absolute Gasteiger partial charge is 0.454 e. The van der Waals surface area contributed by atoms with Crippen molar-refractivity contribution < 1.29 is 18.7 Å². The average Bonchev–Trinajstić information content (AvgIpc) is 3.45. The molecule has 2 aliphatic rings. The summed E-state index contributed by atoms with van der Waals surface area (Å²) < 4.78 is 25.9. The van der Waals surface area contributed by atoms with E-state index < -0.39 is 0 Å². The number of rotatable bonds is 8. The van der Waals surface area contributed by atoms with Crippen molar-refractivity contribution in [2.75, 3.05) is 38.7 Å². The number of carbonyl (C=O) groups excluding carboxylic acids is 1. The summed E-state index contributed by atoms with van der Waals surface area (Å²) in [5, 5.41) is 1.03. The Hall–Kier alpha value is -3.89. The molecule has 0 radical (unpaired) electrons. The first kappa shape index (κ1) is 26.3. The molecule has 8 nitrogen and oxygen atoms in total. The number of carbonyl (C=O) groups is 1. The number of hydrogen-bond acceptors (Lipinski definition) is 7. The molecule has 6 rings (SSSR count). The van der Waals surface area contributed by atoms with E-state index in [9.17, 15) is 14.0 Å². The maximum Gasteiger partial charge on any atom is 0.266 e. The summed E-state index contributed by atoms with van der Waals surface area (Å²) in [5.41, 5.74) is 2.14. The first-order chi connectivity index (χ1) is 19.5. The van der Waals surface area contributed by atoms with Gasteiger partial charge < -0.3 is 14.4 Å². The lowest BCUT2D eigenvalue weighted by Gasteiger charge is -2.34. The third-order valence-electron chi connectivity index (χ3n) is 7.16. The number of amides is 1. The zero-order valence-corrected chi connectivity index (χ0v) is 22.7. The predicted octanol–water partition coefficient (Wildman–Crippen LogP) is 4.47. The van der Waals surface area contributed by atoms with Crippen molar-refractivity contribution in [3.8, 4) is 17.2 Å². The van der Waals surface area contributed by atoms with Gasteiger partial charge in [0.25, 0.3) is 5.56 Å². The number of para-hydroxylation sites is 1. The quantitative estimate of drug-likeness (QED) is 0.179. The molecule has 3 heterocycles. The Morgan fingerprint density at radius 1 is 0.950 bits per heavy atom. The topological polar surface area (TPSA) is 76.9 Å². The van der Waals surface area contributed by atoms with Gasteiger partial charge in [-0.25, -0.2) is 9.37 Å². The SMILES string of the molecule is O=C(CCCSc1nc2ccccc2c(=O)n1-c1ccc(F)cc1)N1CCN(Cc2ccc3c(c2)OCO3)CC1. The molecule has 4 aromatic rings. The third-order valence-corrected chi connectivity index (χ3v) is 8.19. The normalized spacial score (nSPS) is 15.1. The number of ether oxygens (including phenoxy) is 2. The van der Waals surface area contributed by atoms with Crippen LogP contribution in [0, 0.1) is 5.82 Å². The number of nitrogens with zero attached hydrogens (tertiary/aromatic N) is 4. The molecule has 1 saturated heterocycles. The second kappa shape index (κ2) is 11.7. The molecule has 1 aromatic heterocycles. The lowest BCUT2D eigenvalue weighted by molar-refractivity contribution is -0.133. The van der Waals surface area contributed by atoms with E-state index in [1.165, 1.54) is 34.0 Å². The van der Waals surface area contributed by atoms with E-state index in [0.717, 1.165) is 31.1 Å². The van der Waals surface area contributed by atoms with Gasteiger partial charge in [0.15, 0.2) is 16.7 Å². The minimum absolute atomic E-state index is 0.144. The Morgan fingerprint density at radius 2 is 1.73 bits per heavy atom. The van der Waals surface area contributed by atoms with Gasteiger partial charge in [0, 0.05) is 44.9 Å². The van der Waals surface area contributed by atoms with Crippen LogP contribution < -0.4 is 15.0 Å². The zero-order chi connectivity index (χ0) is 27.5. The molecule has 0 unspecified atom stereocenters. The Labute approximate surface area is 235 Å². The van der Waals surface area contributed by atoms with E-state index in [2.05, 4.69) is 11.0 Å². The fraction of sp³-hybridized carbons (Fsp3) is 0.300. The van der Waals surface area contributed by atoms with Crippen LogP contribution in [0.1, 0.15) is 18.4 Å². The highest BCUT2D eigenvalue weighted by molar-refractivity contribution is 7.99. The van der Waals surface area contributed by atoms with Crippen LogP contribution in [0.2, 0.25) is 0 Å². The van der Waals surface area contributed by atoms with Crippen molar-refractivity contribution >= 4 is 28.6 Å². The number of thioether (sulfide) groups is 1. The molecule has 10 heteroatoms. The van der Waals surface area contributed by atoms with Crippen molar-refractivity contribution in [2.45, 2.75) is 24.5 Å². The second-order valence-electron chi connectivity index (χ2n) is 9.83. The summed E-state index contributed by atoms with van der Waals surface area (Å²) in [6.07, 6.45) is 1.09. The number of benzene rings is 3. The molecule has 206 valence electrons. The Kier molecular flexibility index (Phi) is 7.70. The Morgan fingerprint density at radius 3 is 2.55 bits per heavy atom. The van der Waals surface area contributed by atoms with E-state index in [-0.39, 0.29) is 24.1 Å². The lowest BCUT2D eigenvalue weighted by Crippen LogP contribution is -2.48. The minimum Gasteiger partial charge on any atom is -0.454 e. The van der Waals surface area contributed by atoms with Crippen molar-refractivity contribution in [2.24, 2.45) is 0 Å². The fourth-order valence-corrected chi connectivity index (χ4v) is 5.98. The first-order valence-corrected chi connectivity index (χ1v) is 14.3. The van der Waals surface area contributed by atoms with Crippen LogP contribution in [0.5, 0.6) is 11.5 Å². The highest BCUT2D eigenvalue weighted by atomic mass is 32.2. The number of aromatic nitrogens is 2. The number of fused-ring (bicyclic) bond motifs is 2. The summed E-state index contributed by atoms with van der Waals surface area (Å²) in [6, 6.07) is 19.0. The molecule has 0 spiro atoms. The van der Waals surface area contributed by atoms with Gasteiger partial charge in [-0.15, -0.1) is 0 Å². The average molecular weight is 561 g/mol. The van der Waals surface area contributed by atoms with Crippen LogP contribution in [0.4, 0.5) is 4.39 Å². The van der Waals surface area contributed by atoms with Crippen LogP contribution in [0.15, 0.2) is 76.7 Å². The zero-order valence-electron chi connectivity index (χ0n) is 21.9. The van der Waals surface area contributed by atoms with Crippen LogP contribution in [0.3, 0.4) is 0 Å². The van der Waals surface area contributed by atoms with Gasteiger partial charge >= 0.3 is 0 Å². The van der Waals surface area contributed by atoms with Crippen LogP contribution in [0.25, 0.3) is 16.6 Å². The molecule has 1 fully saturated rings. The van der Waals surface area contributed by atoms with Crippen molar-refractivity contribution in [1.82, 2.24) is 19.4 Å². The Bertz CT molecular complexity index is 1590. The summed E-state index contributed by atoms with van der Waals surface area (Å²) in [7, 11) is 0. The van der Waals surface area contributed by atoms with Gasteiger partial charge in [0.2, 0.25) is 12.7 Å². The van der Waals surface area contributed by atoms with Gasteiger partial charge in [0.05, 0.1) is 16.6 Å². The van der Waals surface area contributed by atoms with E-state index in [1.807, 2.05) is 29.2 Å². The highest BCUT2D eigenvalue weighted by Gasteiger charge is 2.22. The predicted molar refractivity (Wildman–Crippen MR) is 152 cm³/mol. The van der Waals surface area contributed by atoms with Gasteiger partial charge in [-0.2, -0.15) is 0 Å². The van der Waals surface area contributed by atoms with Gasteiger partial charge in [-0.1, -0.05) is 30.0 Å². The van der Waals surface area contributed by atoms with Gasteiger partial charge in [0.1, 0.15) is 5.82 Å². The maximum atomic E-state index is 13.5. The monoisotopic (exact) mass is 560 g/mol.